The largest absolute Gasteiger partial charge is 0.493 e. The van der Waals surface area contributed by atoms with E-state index in [0.717, 1.165) is 17.7 Å². The molecular formula is C18H17ClFNO5. The first-order chi connectivity index (χ1) is 12.4. The van der Waals surface area contributed by atoms with Gasteiger partial charge in [0.15, 0.2) is 18.1 Å². The van der Waals surface area contributed by atoms with Gasteiger partial charge in [0.05, 0.1) is 24.8 Å². The van der Waals surface area contributed by atoms with Crippen LogP contribution in [0.5, 0.6) is 11.5 Å². The average molecular weight is 382 g/mol. The van der Waals surface area contributed by atoms with Crippen LogP contribution in [0, 0.1) is 5.82 Å². The number of rotatable bonds is 7. The van der Waals surface area contributed by atoms with E-state index in [2.05, 4.69) is 5.32 Å². The summed E-state index contributed by atoms with van der Waals surface area (Å²) in [6, 6.07) is 8.64. The van der Waals surface area contributed by atoms with Crippen molar-refractivity contribution in [3.05, 3.63) is 58.4 Å². The lowest BCUT2D eigenvalue weighted by Gasteiger charge is -2.10. The van der Waals surface area contributed by atoms with Crippen LogP contribution in [0.1, 0.15) is 15.9 Å². The van der Waals surface area contributed by atoms with Crippen molar-refractivity contribution in [3.8, 4) is 11.5 Å². The molecule has 0 aliphatic rings. The van der Waals surface area contributed by atoms with Crippen LogP contribution >= 0.6 is 11.6 Å². The fourth-order valence-corrected chi connectivity index (χ4v) is 2.26. The molecule has 0 radical (unpaired) electrons. The second kappa shape index (κ2) is 9.05. The van der Waals surface area contributed by atoms with Crippen LogP contribution in [0.2, 0.25) is 5.02 Å². The number of hydrogen-bond donors (Lipinski definition) is 1. The summed E-state index contributed by atoms with van der Waals surface area (Å²) in [6.07, 6.45) is 0. The van der Waals surface area contributed by atoms with Crippen molar-refractivity contribution in [2.75, 3.05) is 20.8 Å². The number of hydrogen-bond acceptors (Lipinski definition) is 5. The SMILES string of the molecule is COc1ccc(CNC(=O)COC(=O)c2ccc(F)c(Cl)c2)cc1OC. The van der Waals surface area contributed by atoms with Gasteiger partial charge in [-0.25, -0.2) is 9.18 Å². The van der Waals surface area contributed by atoms with Crippen LogP contribution in [0.15, 0.2) is 36.4 Å². The van der Waals surface area contributed by atoms with Gasteiger partial charge < -0.3 is 19.5 Å². The maximum Gasteiger partial charge on any atom is 0.338 e. The van der Waals surface area contributed by atoms with Gasteiger partial charge in [0.1, 0.15) is 5.82 Å². The van der Waals surface area contributed by atoms with Gasteiger partial charge in [-0.1, -0.05) is 17.7 Å². The molecule has 1 amide bonds. The third-order valence-corrected chi connectivity index (χ3v) is 3.72. The molecule has 0 saturated carbocycles. The molecule has 8 heteroatoms. The van der Waals surface area contributed by atoms with Gasteiger partial charge in [0.2, 0.25) is 0 Å². The molecule has 0 fully saturated rings. The van der Waals surface area contributed by atoms with E-state index in [-0.39, 0.29) is 17.1 Å². The third kappa shape index (κ3) is 5.10. The first-order valence-electron chi connectivity index (χ1n) is 7.54. The van der Waals surface area contributed by atoms with Crippen LogP contribution in [-0.2, 0) is 16.1 Å². The quantitative estimate of drug-likeness (QED) is 0.746. The predicted octanol–water partition coefficient (Wildman–Crippen LogP) is 2.97. The fourth-order valence-electron chi connectivity index (χ4n) is 2.08. The molecule has 0 aliphatic heterocycles. The van der Waals surface area contributed by atoms with E-state index in [9.17, 15) is 14.0 Å². The van der Waals surface area contributed by atoms with E-state index in [4.69, 9.17) is 25.8 Å². The van der Waals surface area contributed by atoms with Crippen molar-refractivity contribution in [2.45, 2.75) is 6.54 Å². The van der Waals surface area contributed by atoms with E-state index in [1.165, 1.54) is 20.3 Å². The van der Waals surface area contributed by atoms with Crippen LogP contribution in [0.3, 0.4) is 0 Å². The molecule has 0 spiro atoms. The summed E-state index contributed by atoms with van der Waals surface area (Å²) in [4.78, 5) is 23.6. The maximum atomic E-state index is 13.1. The highest BCUT2D eigenvalue weighted by Gasteiger charge is 2.12. The molecular weight excluding hydrogens is 365 g/mol. The highest BCUT2D eigenvalue weighted by Crippen LogP contribution is 2.27. The zero-order valence-corrected chi connectivity index (χ0v) is 14.9. The zero-order valence-electron chi connectivity index (χ0n) is 14.2. The fraction of sp³-hybridized carbons (Fsp3) is 0.222. The van der Waals surface area contributed by atoms with Crippen LogP contribution in [0.25, 0.3) is 0 Å². The Morgan fingerprint density at radius 2 is 1.81 bits per heavy atom. The molecule has 2 aromatic rings. The van der Waals surface area contributed by atoms with Crippen molar-refractivity contribution >= 4 is 23.5 Å². The van der Waals surface area contributed by atoms with Crippen LogP contribution < -0.4 is 14.8 Å². The van der Waals surface area contributed by atoms with Gasteiger partial charge in [-0.3, -0.25) is 4.79 Å². The van der Waals surface area contributed by atoms with E-state index in [1.807, 2.05) is 0 Å². The van der Waals surface area contributed by atoms with Crippen LogP contribution in [0.4, 0.5) is 4.39 Å². The Bertz CT molecular complexity index is 812. The lowest BCUT2D eigenvalue weighted by molar-refractivity contribution is -0.124. The van der Waals surface area contributed by atoms with Gasteiger partial charge in [0, 0.05) is 6.54 Å². The summed E-state index contributed by atoms with van der Waals surface area (Å²) in [7, 11) is 3.04. The first kappa shape index (κ1) is 19.5. The van der Waals surface area contributed by atoms with Crippen LogP contribution in [-0.4, -0.2) is 32.7 Å². The molecule has 2 rings (SSSR count). The number of carbonyl (C=O) groups is 2. The van der Waals surface area contributed by atoms with Gasteiger partial charge >= 0.3 is 5.97 Å². The Morgan fingerprint density at radius 3 is 2.46 bits per heavy atom. The number of halogens is 2. The molecule has 0 saturated heterocycles. The normalized spacial score (nSPS) is 10.2. The minimum absolute atomic E-state index is 0.0593. The number of nitrogens with one attached hydrogen (secondary N) is 1. The molecule has 0 aliphatic carbocycles. The average Bonchev–Trinajstić information content (AvgIpc) is 2.66. The number of carbonyl (C=O) groups excluding carboxylic acids is 2. The summed E-state index contributed by atoms with van der Waals surface area (Å²) >= 11 is 5.60. The molecule has 0 unspecified atom stereocenters. The Labute approximate surface area is 154 Å². The molecule has 0 aromatic heterocycles. The number of esters is 1. The number of ether oxygens (including phenoxy) is 3. The summed E-state index contributed by atoms with van der Waals surface area (Å²) < 4.78 is 28.3. The first-order valence-corrected chi connectivity index (χ1v) is 7.92. The Morgan fingerprint density at radius 1 is 1.08 bits per heavy atom. The van der Waals surface area contributed by atoms with E-state index >= 15 is 0 Å². The van der Waals surface area contributed by atoms with E-state index in [0.29, 0.717) is 11.5 Å². The summed E-state index contributed by atoms with van der Waals surface area (Å²) in [5.41, 5.74) is 0.844. The minimum Gasteiger partial charge on any atom is -0.493 e. The number of benzene rings is 2. The lowest BCUT2D eigenvalue weighted by Crippen LogP contribution is -2.28. The summed E-state index contributed by atoms with van der Waals surface area (Å²) in [6.45, 7) is -0.250. The molecule has 0 heterocycles. The smallest absolute Gasteiger partial charge is 0.338 e. The third-order valence-electron chi connectivity index (χ3n) is 3.43. The van der Waals surface area contributed by atoms with Crippen molar-refractivity contribution in [1.29, 1.82) is 0 Å². The summed E-state index contributed by atoms with van der Waals surface area (Å²) in [5, 5.41) is 2.42. The maximum absolute atomic E-state index is 13.1. The van der Waals surface area contributed by atoms with Crippen molar-refractivity contribution < 1.29 is 28.2 Å². The monoisotopic (exact) mass is 381 g/mol. The number of methoxy groups -OCH3 is 2. The Hall–Kier alpha value is -2.80. The van der Waals surface area contributed by atoms with Crippen molar-refractivity contribution in [1.82, 2.24) is 5.32 Å². The van der Waals surface area contributed by atoms with Gasteiger partial charge in [0.25, 0.3) is 5.91 Å². The van der Waals surface area contributed by atoms with E-state index < -0.39 is 24.3 Å². The second-order valence-corrected chi connectivity index (χ2v) is 5.58. The highest BCUT2D eigenvalue weighted by molar-refractivity contribution is 6.31. The molecule has 6 nitrogen and oxygen atoms in total. The minimum atomic E-state index is -0.770. The zero-order chi connectivity index (χ0) is 19.1. The molecule has 138 valence electrons. The number of amides is 1. The molecule has 0 bridgehead atoms. The topological polar surface area (TPSA) is 73.9 Å². The van der Waals surface area contributed by atoms with Gasteiger partial charge in [-0.15, -0.1) is 0 Å². The van der Waals surface area contributed by atoms with Crippen molar-refractivity contribution in [3.63, 3.8) is 0 Å². The second-order valence-electron chi connectivity index (χ2n) is 5.17. The molecule has 26 heavy (non-hydrogen) atoms. The predicted molar refractivity (Wildman–Crippen MR) is 93.1 cm³/mol. The highest BCUT2D eigenvalue weighted by atomic mass is 35.5. The standard InChI is InChI=1S/C18H17ClFNO5/c1-24-15-6-3-11(7-16(15)25-2)9-21-17(22)10-26-18(23)12-4-5-14(20)13(19)8-12/h3-8H,9-10H2,1-2H3,(H,21,22). The van der Waals surface area contributed by atoms with Gasteiger partial charge in [-0.05, 0) is 35.9 Å². The molecule has 1 N–H and O–H groups in total. The molecule has 2 aromatic carbocycles. The Balaban J connectivity index is 1.85. The van der Waals surface area contributed by atoms with Gasteiger partial charge in [-0.2, -0.15) is 0 Å². The van der Waals surface area contributed by atoms with E-state index in [1.54, 1.807) is 18.2 Å². The Kier molecular flexibility index (Phi) is 6.80. The van der Waals surface area contributed by atoms with Crippen molar-refractivity contribution in [2.24, 2.45) is 0 Å². The molecule has 0 atom stereocenters. The lowest BCUT2D eigenvalue weighted by atomic mass is 10.2. The summed E-state index contributed by atoms with van der Waals surface area (Å²) in [5.74, 6) is -0.779.